The number of hydrogen-bond acceptors (Lipinski definition) is 8. The number of benzene rings is 2. The highest BCUT2D eigenvalue weighted by atomic mass is 16.5. The molecular weight excluding hydrogens is 402 g/mol. The maximum absolute atomic E-state index is 7.66. The number of nitrogens with one attached hydrogen (secondary N) is 1. The van der Waals surface area contributed by atoms with Crippen LogP contribution in [0, 0.1) is 5.41 Å². The molecule has 3 heterocycles. The van der Waals surface area contributed by atoms with E-state index >= 15 is 0 Å². The zero-order valence-electron chi connectivity index (χ0n) is 17.5. The molecule has 3 N–H and O–H groups in total. The number of nitrogen functional groups attached to an aromatic ring is 1. The molecule has 8 nitrogen and oxygen atoms in total. The maximum Gasteiger partial charge on any atom is 0.148 e. The van der Waals surface area contributed by atoms with Crippen LogP contribution in [0.2, 0.25) is 0 Å². The number of ether oxygens (including phenoxy) is 1. The highest BCUT2D eigenvalue weighted by Crippen LogP contribution is 2.28. The number of nitrogens with zero attached hydrogens (tertiary/aromatic N) is 5. The van der Waals surface area contributed by atoms with E-state index in [1.807, 2.05) is 30.5 Å². The molecule has 1 aliphatic heterocycles. The average Bonchev–Trinajstić information content (AvgIpc) is 3.37. The molecule has 5 rings (SSSR count). The molecule has 0 radical (unpaired) electrons. The van der Waals surface area contributed by atoms with Crippen molar-refractivity contribution in [2.45, 2.75) is 19.0 Å². The van der Waals surface area contributed by atoms with Gasteiger partial charge in [0.15, 0.2) is 0 Å². The average molecular weight is 425 g/mol. The molecule has 4 aromatic rings. The third-order valence-corrected chi connectivity index (χ3v) is 5.70. The van der Waals surface area contributed by atoms with Crippen LogP contribution in [0.1, 0.15) is 17.5 Å². The zero-order chi connectivity index (χ0) is 21.9. The summed E-state index contributed by atoms with van der Waals surface area (Å²) in [4.78, 5) is 20.2. The highest BCUT2D eigenvalue weighted by molar-refractivity contribution is 5.93. The second-order valence-corrected chi connectivity index (χ2v) is 7.73. The van der Waals surface area contributed by atoms with E-state index in [1.54, 1.807) is 0 Å². The summed E-state index contributed by atoms with van der Waals surface area (Å²) in [6.07, 6.45) is 5.36. The molecule has 0 spiro atoms. The number of hydrogen-bond donors (Lipinski definition) is 2. The SMILES string of the molecule is N=Cc1c(N)ncnc1-c1ccc2nc(N(Cc3ccccc3)C3CCOC3)cnc2c1. The molecule has 1 aliphatic rings. The van der Waals surface area contributed by atoms with E-state index in [9.17, 15) is 0 Å². The van der Waals surface area contributed by atoms with Crippen LogP contribution in [0.5, 0.6) is 0 Å². The fraction of sp³-hybridized carbons (Fsp3) is 0.208. The summed E-state index contributed by atoms with van der Waals surface area (Å²) in [5, 5.41) is 7.66. The fourth-order valence-corrected chi connectivity index (χ4v) is 4.01. The van der Waals surface area contributed by atoms with E-state index in [0.29, 0.717) is 17.9 Å². The summed E-state index contributed by atoms with van der Waals surface area (Å²) < 4.78 is 5.65. The molecule has 1 atom stereocenters. The van der Waals surface area contributed by atoms with Gasteiger partial charge in [0, 0.05) is 24.9 Å². The summed E-state index contributed by atoms with van der Waals surface area (Å²) in [7, 11) is 0. The van der Waals surface area contributed by atoms with Crippen LogP contribution >= 0.6 is 0 Å². The van der Waals surface area contributed by atoms with E-state index in [-0.39, 0.29) is 11.9 Å². The van der Waals surface area contributed by atoms with Crippen LogP contribution in [-0.4, -0.2) is 45.4 Å². The number of fused-ring (bicyclic) bond motifs is 1. The molecule has 2 aromatic heterocycles. The van der Waals surface area contributed by atoms with Crippen molar-refractivity contribution < 1.29 is 4.74 Å². The smallest absolute Gasteiger partial charge is 0.148 e. The summed E-state index contributed by atoms with van der Waals surface area (Å²) in [5.41, 5.74) is 10.6. The van der Waals surface area contributed by atoms with Crippen molar-refractivity contribution in [3.63, 3.8) is 0 Å². The van der Waals surface area contributed by atoms with Gasteiger partial charge in [-0.1, -0.05) is 36.4 Å². The molecule has 0 saturated carbocycles. The lowest BCUT2D eigenvalue weighted by Gasteiger charge is -2.29. The molecule has 1 saturated heterocycles. The molecule has 0 amide bonds. The predicted octanol–water partition coefficient (Wildman–Crippen LogP) is 3.46. The largest absolute Gasteiger partial charge is 0.383 e. The standard InChI is InChI=1S/C24H23N7O/c25-11-19-23(28-15-29-24(19)26)17-6-7-20-21(10-17)27-12-22(30-20)31(18-8-9-32-14-18)13-16-4-2-1-3-5-16/h1-7,10-12,15,18,25H,8-9,13-14H2,(H2,26,28,29). The Morgan fingerprint density at radius 1 is 1.09 bits per heavy atom. The van der Waals surface area contributed by atoms with E-state index in [0.717, 1.165) is 42.0 Å². The van der Waals surface area contributed by atoms with Gasteiger partial charge < -0.3 is 20.8 Å². The van der Waals surface area contributed by atoms with Gasteiger partial charge in [-0.25, -0.2) is 15.0 Å². The molecule has 32 heavy (non-hydrogen) atoms. The first-order valence-electron chi connectivity index (χ1n) is 10.5. The lowest BCUT2D eigenvalue weighted by atomic mass is 10.1. The lowest BCUT2D eigenvalue weighted by molar-refractivity contribution is 0.193. The molecular formula is C24H23N7O. The summed E-state index contributed by atoms with van der Waals surface area (Å²) in [6.45, 7) is 2.20. The Labute approximate surface area is 185 Å². The summed E-state index contributed by atoms with van der Waals surface area (Å²) in [5.74, 6) is 1.11. The van der Waals surface area contributed by atoms with Gasteiger partial charge in [0.05, 0.1) is 41.1 Å². The quantitative estimate of drug-likeness (QED) is 0.455. The van der Waals surface area contributed by atoms with Gasteiger partial charge in [0.25, 0.3) is 0 Å². The number of anilines is 2. The second kappa shape index (κ2) is 8.68. The van der Waals surface area contributed by atoms with Crippen LogP contribution in [0.3, 0.4) is 0 Å². The third kappa shape index (κ3) is 3.88. The molecule has 0 aliphatic carbocycles. The van der Waals surface area contributed by atoms with E-state index in [2.05, 4.69) is 39.1 Å². The Morgan fingerprint density at radius 2 is 1.97 bits per heavy atom. The normalized spacial score (nSPS) is 15.7. The van der Waals surface area contributed by atoms with Gasteiger partial charge in [0.1, 0.15) is 18.0 Å². The number of rotatable bonds is 6. The molecule has 0 bridgehead atoms. The van der Waals surface area contributed by atoms with E-state index in [4.69, 9.17) is 25.8 Å². The van der Waals surface area contributed by atoms with E-state index < -0.39 is 0 Å². The minimum atomic E-state index is 0.264. The second-order valence-electron chi connectivity index (χ2n) is 7.73. The van der Waals surface area contributed by atoms with Gasteiger partial charge in [-0.2, -0.15) is 0 Å². The zero-order valence-corrected chi connectivity index (χ0v) is 17.5. The first-order valence-corrected chi connectivity index (χ1v) is 10.5. The maximum atomic E-state index is 7.66. The Morgan fingerprint density at radius 3 is 2.75 bits per heavy atom. The molecule has 1 fully saturated rings. The van der Waals surface area contributed by atoms with Gasteiger partial charge in [0.2, 0.25) is 0 Å². The minimum Gasteiger partial charge on any atom is -0.383 e. The van der Waals surface area contributed by atoms with Crippen LogP contribution in [0.15, 0.2) is 61.1 Å². The minimum absolute atomic E-state index is 0.264. The first kappa shape index (κ1) is 20.0. The van der Waals surface area contributed by atoms with Gasteiger partial charge in [-0.05, 0) is 24.1 Å². The first-order chi connectivity index (χ1) is 15.7. The van der Waals surface area contributed by atoms with Gasteiger partial charge in [-0.3, -0.25) is 4.98 Å². The van der Waals surface area contributed by atoms with Gasteiger partial charge >= 0.3 is 0 Å². The summed E-state index contributed by atoms with van der Waals surface area (Å²) in [6, 6.07) is 16.4. The predicted molar refractivity (Wildman–Crippen MR) is 125 cm³/mol. The van der Waals surface area contributed by atoms with Crippen LogP contribution in [0.25, 0.3) is 22.3 Å². The van der Waals surface area contributed by atoms with Crippen molar-refractivity contribution >= 4 is 28.9 Å². The third-order valence-electron chi connectivity index (χ3n) is 5.70. The Kier molecular flexibility index (Phi) is 5.43. The topological polar surface area (TPSA) is 114 Å². The van der Waals surface area contributed by atoms with Crippen molar-refractivity contribution in [2.75, 3.05) is 23.8 Å². The van der Waals surface area contributed by atoms with Crippen LogP contribution in [0.4, 0.5) is 11.6 Å². The lowest BCUT2D eigenvalue weighted by Crippen LogP contribution is -2.36. The Bertz CT molecular complexity index is 1260. The Hall–Kier alpha value is -3.91. The van der Waals surface area contributed by atoms with E-state index in [1.165, 1.54) is 18.1 Å². The Balaban J connectivity index is 1.51. The summed E-state index contributed by atoms with van der Waals surface area (Å²) >= 11 is 0. The number of nitrogens with two attached hydrogens (primary N) is 1. The molecule has 160 valence electrons. The van der Waals surface area contributed by atoms with Crippen LogP contribution < -0.4 is 10.6 Å². The van der Waals surface area contributed by atoms with Crippen molar-refractivity contribution in [3.8, 4) is 11.3 Å². The van der Waals surface area contributed by atoms with Gasteiger partial charge in [-0.15, -0.1) is 0 Å². The van der Waals surface area contributed by atoms with Crippen molar-refractivity contribution in [3.05, 3.63) is 72.2 Å². The van der Waals surface area contributed by atoms with Crippen LogP contribution in [-0.2, 0) is 11.3 Å². The molecule has 2 aromatic carbocycles. The monoisotopic (exact) mass is 425 g/mol. The fourth-order valence-electron chi connectivity index (χ4n) is 4.01. The van der Waals surface area contributed by atoms with Crippen molar-refractivity contribution in [1.29, 1.82) is 5.41 Å². The molecule has 1 unspecified atom stereocenters. The van der Waals surface area contributed by atoms with Crippen molar-refractivity contribution in [1.82, 2.24) is 19.9 Å². The highest BCUT2D eigenvalue weighted by Gasteiger charge is 2.25. The number of aromatic nitrogens is 4. The molecule has 8 heteroatoms. The van der Waals surface area contributed by atoms with Crippen molar-refractivity contribution in [2.24, 2.45) is 0 Å².